The maximum Gasteiger partial charge on any atom is 0.337 e. The minimum Gasteiger partial charge on any atom is -0.478 e. The second-order valence-corrected chi connectivity index (χ2v) is 4.41. The fraction of sp³-hybridized carbons (Fsp3) is 0. The van der Waals surface area contributed by atoms with Crippen molar-refractivity contribution in [1.29, 1.82) is 5.26 Å². The fourth-order valence-corrected chi connectivity index (χ4v) is 1.75. The van der Waals surface area contributed by atoms with Crippen molar-refractivity contribution in [3.63, 3.8) is 0 Å². The van der Waals surface area contributed by atoms with Crippen molar-refractivity contribution in [3.8, 4) is 6.07 Å². The van der Waals surface area contributed by atoms with E-state index in [-0.39, 0.29) is 16.3 Å². The summed E-state index contributed by atoms with van der Waals surface area (Å²) in [5, 5.41) is 20.2. The lowest BCUT2D eigenvalue weighted by atomic mass is 10.2. The molecule has 0 bridgehead atoms. The molecule has 0 saturated heterocycles. The molecule has 0 aliphatic rings. The van der Waals surface area contributed by atoms with Gasteiger partial charge in [-0.25, -0.2) is 4.79 Å². The van der Waals surface area contributed by atoms with Crippen molar-refractivity contribution in [1.82, 2.24) is 4.98 Å². The number of nitriles is 1. The highest BCUT2D eigenvalue weighted by molar-refractivity contribution is 6.34. The van der Waals surface area contributed by atoms with Crippen LogP contribution in [0, 0.1) is 11.3 Å². The van der Waals surface area contributed by atoms with E-state index in [9.17, 15) is 9.59 Å². The molecule has 1 aromatic heterocycles. The van der Waals surface area contributed by atoms with E-state index in [0.717, 1.165) is 6.20 Å². The number of aromatic carboxylic acids is 1. The molecule has 1 amide bonds. The van der Waals surface area contributed by atoms with Gasteiger partial charge in [0.2, 0.25) is 0 Å². The van der Waals surface area contributed by atoms with Gasteiger partial charge in [0, 0.05) is 6.20 Å². The van der Waals surface area contributed by atoms with Crippen LogP contribution in [0.3, 0.4) is 0 Å². The smallest absolute Gasteiger partial charge is 0.337 e. The Morgan fingerprint density at radius 1 is 1.29 bits per heavy atom. The number of benzene rings is 1. The number of hydrogen-bond acceptors (Lipinski definition) is 4. The fourth-order valence-electron chi connectivity index (χ4n) is 1.53. The summed E-state index contributed by atoms with van der Waals surface area (Å²) in [6.45, 7) is 0. The molecule has 104 valence electrons. The minimum absolute atomic E-state index is 0.0112. The van der Waals surface area contributed by atoms with Crippen LogP contribution in [0.15, 0.2) is 36.5 Å². The van der Waals surface area contributed by atoms with Gasteiger partial charge >= 0.3 is 5.97 Å². The lowest BCUT2D eigenvalue weighted by Crippen LogP contribution is -2.14. The van der Waals surface area contributed by atoms with E-state index in [4.69, 9.17) is 22.0 Å². The average Bonchev–Trinajstić information content (AvgIpc) is 2.49. The molecule has 1 heterocycles. The number of halogens is 1. The molecule has 0 saturated carbocycles. The van der Waals surface area contributed by atoms with Gasteiger partial charge in [0.1, 0.15) is 5.69 Å². The van der Waals surface area contributed by atoms with Gasteiger partial charge in [-0.15, -0.1) is 0 Å². The molecule has 6 nitrogen and oxygen atoms in total. The normalized spacial score (nSPS) is 9.71. The molecule has 2 rings (SSSR count). The summed E-state index contributed by atoms with van der Waals surface area (Å²) in [5.41, 5.74) is 0.759. The molecule has 2 aromatic rings. The number of carboxylic acid groups (broad SMARTS) is 1. The van der Waals surface area contributed by atoms with Gasteiger partial charge in [0.25, 0.3) is 5.91 Å². The summed E-state index contributed by atoms with van der Waals surface area (Å²) in [4.78, 5) is 26.4. The van der Waals surface area contributed by atoms with Gasteiger partial charge in [0.15, 0.2) is 0 Å². The molecule has 0 aliphatic carbocycles. The highest BCUT2D eigenvalue weighted by Crippen LogP contribution is 2.23. The summed E-state index contributed by atoms with van der Waals surface area (Å²) in [7, 11) is 0. The van der Waals surface area contributed by atoms with Gasteiger partial charge in [-0.3, -0.25) is 9.78 Å². The zero-order valence-electron chi connectivity index (χ0n) is 10.5. The van der Waals surface area contributed by atoms with E-state index in [1.807, 2.05) is 6.07 Å². The zero-order valence-corrected chi connectivity index (χ0v) is 11.3. The topological polar surface area (TPSA) is 103 Å². The number of carbonyl (C=O) groups is 2. The summed E-state index contributed by atoms with van der Waals surface area (Å²) in [6.07, 6.45) is 1.09. The third-order valence-electron chi connectivity index (χ3n) is 2.59. The van der Waals surface area contributed by atoms with E-state index in [1.165, 1.54) is 30.3 Å². The largest absolute Gasteiger partial charge is 0.478 e. The highest BCUT2D eigenvalue weighted by atomic mass is 35.5. The Morgan fingerprint density at radius 2 is 2.05 bits per heavy atom. The first kappa shape index (κ1) is 14.5. The predicted octanol–water partition coefficient (Wildman–Crippen LogP) is 2.56. The number of pyridine rings is 1. The Morgan fingerprint density at radius 3 is 2.57 bits per heavy atom. The Hall–Kier alpha value is -2.91. The van der Waals surface area contributed by atoms with Gasteiger partial charge in [-0.05, 0) is 30.3 Å². The van der Waals surface area contributed by atoms with Gasteiger partial charge < -0.3 is 10.4 Å². The Labute approximate surface area is 124 Å². The Balaban J connectivity index is 2.18. The van der Waals surface area contributed by atoms with Crippen molar-refractivity contribution in [2.24, 2.45) is 0 Å². The molecule has 0 spiro atoms. The van der Waals surface area contributed by atoms with Crippen molar-refractivity contribution in [3.05, 3.63) is 58.4 Å². The third-order valence-corrected chi connectivity index (χ3v) is 2.90. The predicted molar refractivity (Wildman–Crippen MR) is 75.3 cm³/mol. The number of amides is 1. The number of carboxylic acids is 1. The number of nitrogens with zero attached hydrogens (tertiary/aromatic N) is 2. The molecule has 2 N–H and O–H groups in total. The summed E-state index contributed by atoms with van der Waals surface area (Å²) in [6, 6.07) is 8.97. The van der Waals surface area contributed by atoms with Gasteiger partial charge in [-0.2, -0.15) is 5.26 Å². The SMILES string of the molecule is N#Cc1ccc(NC(=O)c2ccc(C(=O)O)cn2)c(Cl)c1. The van der Waals surface area contributed by atoms with E-state index in [0.29, 0.717) is 11.3 Å². The van der Waals surface area contributed by atoms with Crippen LogP contribution in [-0.4, -0.2) is 22.0 Å². The summed E-state index contributed by atoms with van der Waals surface area (Å²) < 4.78 is 0. The van der Waals surface area contributed by atoms with Crippen LogP contribution in [0.2, 0.25) is 5.02 Å². The first-order valence-corrected chi connectivity index (χ1v) is 6.09. The van der Waals surface area contributed by atoms with Crippen LogP contribution in [0.1, 0.15) is 26.4 Å². The average molecular weight is 302 g/mol. The van der Waals surface area contributed by atoms with Gasteiger partial charge in [-0.1, -0.05) is 11.6 Å². The van der Waals surface area contributed by atoms with Crippen LogP contribution < -0.4 is 5.32 Å². The molecule has 0 fully saturated rings. The van der Waals surface area contributed by atoms with Crippen LogP contribution in [0.4, 0.5) is 5.69 Å². The molecule has 21 heavy (non-hydrogen) atoms. The second kappa shape index (κ2) is 6.03. The Bertz CT molecular complexity index is 751. The lowest BCUT2D eigenvalue weighted by molar-refractivity contribution is 0.0696. The molecule has 0 unspecified atom stereocenters. The van der Waals surface area contributed by atoms with E-state index < -0.39 is 11.9 Å². The molecule has 7 heteroatoms. The minimum atomic E-state index is -1.12. The van der Waals surface area contributed by atoms with E-state index >= 15 is 0 Å². The van der Waals surface area contributed by atoms with E-state index in [2.05, 4.69) is 10.3 Å². The molecular formula is C14H8ClN3O3. The number of hydrogen-bond donors (Lipinski definition) is 2. The van der Waals surface area contributed by atoms with Crippen molar-refractivity contribution in [2.75, 3.05) is 5.32 Å². The molecule has 1 aromatic carbocycles. The van der Waals surface area contributed by atoms with Crippen LogP contribution in [-0.2, 0) is 0 Å². The van der Waals surface area contributed by atoms with Crippen LogP contribution >= 0.6 is 11.6 Å². The highest BCUT2D eigenvalue weighted by Gasteiger charge is 2.11. The van der Waals surface area contributed by atoms with Crippen molar-refractivity contribution in [2.45, 2.75) is 0 Å². The monoisotopic (exact) mass is 301 g/mol. The number of carbonyl (C=O) groups excluding carboxylic acids is 1. The summed E-state index contributed by atoms with van der Waals surface area (Å²) >= 11 is 5.94. The lowest BCUT2D eigenvalue weighted by Gasteiger charge is -2.07. The molecule has 0 atom stereocenters. The maximum absolute atomic E-state index is 12.0. The second-order valence-electron chi connectivity index (χ2n) is 4.00. The molecular weight excluding hydrogens is 294 g/mol. The summed E-state index contributed by atoms with van der Waals surface area (Å²) in [5.74, 6) is -1.65. The van der Waals surface area contributed by atoms with Crippen molar-refractivity contribution < 1.29 is 14.7 Å². The first-order chi connectivity index (χ1) is 10.0. The van der Waals surface area contributed by atoms with Crippen LogP contribution in [0.5, 0.6) is 0 Å². The molecule has 0 aliphatic heterocycles. The first-order valence-electron chi connectivity index (χ1n) is 5.71. The Kier molecular flexibility index (Phi) is 4.16. The third kappa shape index (κ3) is 3.35. The quantitative estimate of drug-likeness (QED) is 0.906. The van der Waals surface area contributed by atoms with Crippen molar-refractivity contribution >= 4 is 29.2 Å². The van der Waals surface area contributed by atoms with Crippen LogP contribution in [0.25, 0.3) is 0 Å². The number of anilines is 1. The molecule has 0 radical (unpaired) electrons. The number of aromatic nitrogens is 1. The van der Waals surface area contributed by atoms with E-state index in [1.54, 1.807) is 0 Å². The number of rotatable bonds is 3. The standard InChI is InChI=1S/C14H8ClN3O3/c15-10-5-8(6-16)1-3-11(10)18-13(19)12-4-2-9(7-17-12)14(20)21/h1-5,7H,(H,18,19)(H,20,21). The van der Waals surface area contributed by atoms with Gasteiger partial charge in [0.05, 0.1) is 27.9 Å². The number of nitrogens with one attached hydrogen (secondary N) is 1. The zero-order chi connectivity index (χ0) is 15.4. The maximum atomic E-state index is 12.0.